The second-order valence-corrected chi connectivity index (χ2v) is 9.92. The second-order valence-electron chi connectivity index (χ2n) is 9.52. The Morgan fingerprint density at radius 3 is 2.55 bits per heavy atom. The molecule has 11 heteroatoms. The van der Waals surface area contributed by atoms with Crippen molar-refractivity contribution in [1.82, 2.24) is 10.2 Å². The van der Waals surface area contributed by atoms with Gasteiger partial charge in [-0.2, -0.15) is 0 Å². The largest absolute Gasteiger partial charge is 0.495 e. The van der Waals surface area contributed by atoms with Crippen LogP contribution in [0.5, 0.6) is 5.75 Å². The number of nitrogens with zero attached hydrogens (tertiary/aromatic N) is 1. The lowest BCUT2D eigenvalue weighted by Crippen LogP contribution is -2.52. The van der Waals surface area contributed by atoms with Gasteiger partial charge in [-0.3, -0.25) is 25.0 Å². The SMILES string of the molecule is COc1c(COC(=O)Nc2ccc(Cc3ccc(F)c(Cl)c3)cc2)ccc2c1C(=O)N(C1CCC(=O)NC1=O)C2. The van der Waals surface area contributed by atoms with Gasteiger partial charge < -0.3 is 14.4 Å². The first-order valence-corrected chi connectivity index (χ1v) is 12.9. The lowest BCUT2D eigenvalue weighted by Gasteiger charge is -2.29. The molecule has 0 saturated carbocycles. The van der Waals surface area contributed by atoms with Crippen LogP contribution in [0.3, 0.4) is 0 Å². The summed E-state index contributed by atoms with van der Waals surface area (Å²) in [6, 6.07) is 14.4. The van der Waals surface area contributed by atoms with Crippen LogP contribution in [0.25, 0.3) is 0 Å². The highest BCUT2D eigenvalue weighted by Gasteiger charge is 2.41. The lowest BCUT2D eigenvalue weighted by molar-refractivity contribution is -0.136. The van der Waals surface area contributed by atoms with E-state index in [4.69, 9.17) is 21.1 Å². The zero-order valence-corrected chi connectivity index (χ0v) is 22.2. The number of nitrogens with one attached hydrogen (secondary N) is 2. The number of hydrogen-bond donors (Lipinski definition) is 2. The standard InChI is InChI=1S/C29H25ClFN3O6/c1-39-26-19(6-5-18-14-34(28(37)25(18)26)23-10-11-24(35)33-27(23)36)15-40-29(38)32-20-7-2-16(3-8-20)12-17-4-9-22(31)21(30)13-17/h2-9,13,23H,10-12,14-15H2,1H3,(H,32,38)(H,33,35,36). The molecule has 3 aromatic carbocycles. The molecular formula is C29H25ClFN3O6. The number of halogens is 2. The van der Waals surface area contributed by atoms with Crippen molar-refractivity contribution in [2.45, 2.75) is 38.5 Å². The summed E-state index contributed by atoms with van der Waals surface area (Å²) in [4.78, 5) is 51.0. The molecule has 3 aromatic rings. The van der Waals surface area contributed by atoms with Crippen LogP contribution in [0.1, 0.15) is 45.5 Å². The fourth-order valence-corrected chi connectivity index (χ4v) is 5.10. The zero-order valence-electron chi connectivity index (χ0n) is 21.5. The van der Waals surface area contributed by atoms with E-state index in [1.165, 1.54) is 18.1 Å². The summed E-state index contributed by atoms with van der Waals surface area (Å²) >= 11 is 5.85. The molecule has 0 spiro atoms. The van der Waals surface area contributed by atoms with Gasteiger partial charge in [-0.05, 0) is 53.8 Å². The van der Waals surface area contributed by atoms with Crippen molar-refractivity contribution in [3.8, 4) is 5.75 Å². The Morgan fingerprint density at radius 2 is 1.85 bits per heavy atom. The fraction of sp³-hybridized carbons (Fsp3) is 0.241. The number of ether oxygens (including phenoxy) is 2. The summed E-state index contributed by atoms with van der Waals surface area (Å²) < 4.78 is 24.3. The van der Waals surface area contributed by atoms with Gasteiger partial charge in [0.15, 0.2) is 0 Å². The summed E-state index contributed by atoms with van der Waals surface area (Å²) in [6.07, 6.45) is 0.262. The van der Waals surface area contributed by atoms with Crippen molar-refractivity contribution in [2.24, 2.45) is 0 Å². The molecule has 2 aliphatic heterocycles. The van der Waals surface area contributed by atoms with E-state index in [1.807, 2.05) is 12.1 Å². The van der Waals surface area contributed by atoms with Gasteiger partial charge in [0.1, 0.15) is 24.2 Å². The van der Waals surface area contributed by atoms with Gasteiger partial charge >= 0.3 is 6.09 Å². The molecule has 1 saturated heterocycles. The van der Waals surface area contributed by atoms with Gasteiger partial charge in [0.25, 0.3) is 5.91 Å². The van der Waals surface area contributed by atoms with E-state index in [0.717, 1.165) is 11.1 Å². The van der Waals surface area contributed by atoms with Crippen LogP contribution in [-0.2, 0) is 33.9 Å². The molecule has 9 nitrogen and oxygen atoms in total. The van der Waals surface area contributed by atoms with Crippen LogP contribution < -0.4 is 15.4 Å². The number of methoxy groups -OCH3 is 1. The van der Waals surface area contributed by atoms with Crippen LogP contribution in [0.15, 0.2) is 54.6 Å². The maximum absolute atomic E-state index is 13.4. The minimum atomic E-state index is -0.743. The lowest BCUT2D eigenvalue weighted by atomic mass is 10.0. The van der Waals surface area contributed by atoms with Gasteiger partial charge in [-0.25, -0.2) is 9.18 Å². The highest BCUT2D eigenvalue weighted by Crippen LogP contribution is 2.36. The van der Waals surface area contributed by atoms with Gasteiger partial charge in [0.05, 0.1) is 17.7 Å². The number of imide groups is 1. The van der Waals surface area contributed by atoms with Crippen molar-refractivity contribution in [3.05, 3.63) is 93.3 Å². The Morgan fingerprint density at radius 1 is 1.10 bits per heavy atom. The summed E-state index contributed by atoms with van der Waals surface area (Å²) in [7, 11) is 1.42. The number of hydrogen-bond acceptors (Lipinski definition) is 6. The van der Waals surface area contributed by atoms with Crippen LogP contribution in [0, 0.1) is 5.82 Å². The molecule has 0 aromatic heterocycles. The van der Waals surface area contributed by atoms with Crippen molar-refractivity contribution in [2.75, 3.05) is 12.4 Å². The van der Waals surface area contributed by atoms with Crippen LogP contribution in [0.2, 0.25) is 5.02 Å². The first-order valence-electron chi connectivity index (χ1n) is 12.5. The molecule has 5 rings (SSSR count). The van der Waals surface area contributed by atoms with Crippen LogP contribution >= 0.6 is 11.6 Å². The summed E-state index contributed by atoms with van der Waals surface area (Å²) in [5.74, 6) is -1.43. The third-order valence-corrected chi connectivity index (χ3v) is 7.17. The van der Waals surface area contributed by atoms with Crippen molar-refractivity contribution in [1.29, 1.82) is 0 Å². The molecule has 206 valence electrons. The van der Waals surface area contributed by atoms with Gasteiger partial charge in [0, 0.05) is 24.2 Å². The van der Waals surface area contributed by atoms with E-state index in [2.05, 4.69) is 10.6 Å². The first-order chi connectivity index (χ1) is 19.2. The van der Waals surface area contributed by atoms with E-state index in [9.17, 15) is 23.6 Å². The molecule has 0 bridgehead atoms. The van der Waals surface area contributed by atoms with E-state index in [-0.39, 0.29) is 48.6 Å². The first kappa shape index (κ1) is 27.1. The minimum absolute atomic E-state index is 0.0644. The Labute approximate surface area is 234 Å². The van der Waals surface area contributed by atoms with Crippen LogP contribution in [-0.4, -0.2) is 41.9 Å². The molecular weight excluding hydrogens is 541 g/mol. The maximum Gasteiger partial charge on any atom is 0.411 e. The molecule has 4 amide bonds. The number of carbonyl (C=O) groups excluding carboxylic acids is 4. The van der Waals surface area contributed by atoms with Gasteiger partial charge in [-0.1, -0.05) is 41.9 Å². The molecule has 40 heavy (non-hydrogen) atoms. The van der Waals surface area contributed by atoms with Gasteiger partial charge in [-0.15, -0.1) is 0 Å². The predicted molar refractivity (Wildman–Crippen MR) is 144 cm³/mol. The van der Waals surface area contributed by atoms with E-state index in [0.29, 0.717) is 28.8 Å². The number of rotatable bonds is 7. The monoisotopic (exact) mass is 565 g/mol. The van der Waals surface area contributed by atoms with Crippen molar-refractivity contribution >= 4 is 41.1 Å². The zero-order chi connectivity index (χ0) is 28.4. The molecule has 2 heterocycles. The third kappa shape index (κ3) is 5.62. The van der Waals surface area contributed by atoms with Crippen molar-refractivity contribution < 1.29 is 33.0 Å². The molecule has 0 aliphatic carbocycles. The Hall–Kier alpha value is -4.44. The Balaban J connectivity index is 1.20. The van der Waals surface area contributed by atoms with E-state index >= 15 is 0 Å². The highest BCUT2D eigenvalue weighted by molar-refractivity contribution is 6.30. The molecule has 2 aliphatic rings. The molecule has 1 atom stereocenters. The summed E-state index contributed by atoms with van der Waals surface area (Å²) in [5, 5.41) is 5.00. The average molecular weight is 566 g/mol. The molecule has 2 N–H and O–H groups in total. The quantitative estimate of drug-likeness (QED) is 0.405. The Kier molecular flexibility index (Phi) is 7.70. The average Bonchev–Trinajstić information content (AvgIpc) is 3.26. The number of amides is 4. The summed E-state index contributed by atoms with van der Waals surface area (Å²) in [5.41, 5.74) is 3.80. The Bertz CT molecular complexity index is 1510. The van der Waals surface area contributed by atoms with Crippen LogP contribution in [0.4, 0.5) is 14.9 Å². The number of benzene rings is 3. The number of piperidine rings is 1. The molecule has 1 unspecified atom stereocenters. The minimum Gasteiger partial charge on any atom is -0.495 e. The molecule has 0 radical (unpaired) electrons. The number of carbonyl (C=O) groups is 4. The topological polar surface area (TPSA) is 114 Å². The fourth-order valence-electron chi connectivity index (χ4n) is 4.90. The summed E-state index contributed by atoms with van der Waals surface area (Å²) in [6.45, 7) is 0.0556. The molecule has 1 fully saturated rings. The normalized spacial score (nSPS) is 16.4. The predicted octanol–water partition coefficient (Wildman–Crippen LogP) is 4.59. The van der Waals surface area contributed by atoms with E-state index in [1.54, 1.807) is 36.4 Å². The third-order valence-electron chi connectivity index (χ3n) is 6.88. The van der Waals surface area contributed by atoms with Gasteiger partial charge in [0.2, 0.25) is 11.8 Å². The van der Waals surface area contributed by atoms with Crippen molar-refractivity contribution in [3.63, 3.8) is 0 Å². The number of anilines is 1. The smallest absolute Gasteiger partial charge is 0.411 e. The second kappa shape index (κ2) is 11.4. The van der Waals surface area contributed by atoms with E-state index < -0.39 is 23.9 Å². The maximum atomic E-state index is 13.4. The number of fused-ring (bicyclic) bond motifs is 1. The highest BCUT2D eigenvalue weighted by atomic mass is 35.5.